The number of halogens is 1. The molecule has 2 aromatic rings. The molecule has 2 rings (SSSR count). The third kappa shape index (κ3) is 3.55. The van der Waals surface area contributed by atoms with Crippen molar-refractivity contribution in [3.8, 4) is 23.0 Å². The lowest BCUT2D eigenvalue weighted by atomic mass is 10.0. The van der Waals surface area contributed by atoms with Gasteiger partial charge >= 0.3 is 0 Å². The molecule has 0 unspecified atom stereocenters. The predicted octanol–water partition coefficient (Wildman–Crippen LogP) is 2.93. The highest BCUT2D eigenvalue weighted by molar-refractivity contribution is 6.49. The quantitative estimate of drug-likeness (QED) is 0.566. The summed E-state index contributed by atoms with van der Waals surface area (Å²) in [5.41, 5.74) is -0.0484. The highest BCUT2D eigenvalue weighted by atomic mass is 19.1. The van der Waals surface area contributed by atoms with Crippen LogP contribution < -0.4 is 18.9 Å². The van der Waals surface area contributed by atoms with Crippen LogP contribution in [0, 0.1) is 5.82 Å². The Kier molecular flexibility index (Phi) is 5.59. The van der Waals surface area contributed by atoms with E-state index in [1.165, 1.54) is 52.7 Å². The predicted molar refractivity (Wildman–Crippen MR) is 87.7 cm³/mol. The van der Waals surface area contributed by atoms with Gasteiger partial charge in [0.1, 0.15) is 0 Å². The van der Waals surface area contributed by atoms with Crippen molar-refractivity contribution >= 4 is 11.6 Å². The van der Waals surface area contributed by atoms with Crippen molar-refractivity contribution in [3.05, 3.63) is 47.3 Å². The van der Waals surface area contributed by atoms with E-state index in [0.717, 1.165) is 6.07 Å². The summed E-state index contributed by atoms with van der Waals surface area (Å²) in [5.74, 6) is -1.68. The van der Waals surface area contributed by atoms with Gasteiger partial charge in [-0.3, -0.25) is 9.59 Å². The molecule has 132 valence electrons. The minimum absolute atomic E-state index is 0.0169. The summed E-state index contributed by atoms with van der Waals surface area (Å²) in [5, 5.41) is 0. The first-order valence-corrected chi connectivity index (χ1v) is 7.19. The van der Waals surface area contributed by atoms with Crippen molar-refractivity contribution in [2.24, 2.45) is 0 Å². The molecule has 25 heavy (non-hydrogen) atoms. The van der Waals surface area contributed by atoms with Crippen LogP contribution in [0.2, 0.25) is 0 Å². The smallest absolute Gasteiger partial charge is 0.233 e. The fourth-order valence-corrected chi connectivity index (χ4v) is 2.28. The normalized spacial score (nSPS) is 10.1. The SMILES string of the molecule is COc1ccc(C(=O)C(=O)c2cc(OC)c(OC)c(OC)c2)cc1F. The number of benzene rings is 2. The number of hydrogen-bond donors (Lipinski definition) is 0. The lowest BCUT2D eigenvalue weighted by Gasteiger charge is -2.13. The van der Waals surface area contributed by atoms with Crippen LogP contribution in [0.25, 0.3) is 0 Å². The van der Waals surface area contributed by atoms with E-state index < -0.39 is 17.4 Å². The molecular formula is C18H17FO6. The van der Waals surface area contributed by atoms with Crippen LogP contribution in [0.5, 0.6) is 23.0 Å². The summed E-state index contributed by atoms with van der Waals surface area (Å²) >= 11 is 0. The fourth-order valence-electron chi connectivity index (χ4n) is 2.28. The molecular weight excluding hydrogens is 331 g/mol. The molecule has 0 amide bonds. The molecule has 0 saturated heterocycles. The number of hydrogen-bond acceptors (Lipinski definition) is 6. The summed E-state index contributed by atoms with van der Waals surface area (Å²) in [4.78, 5) is 24.9. The Morgan fingerprint density at radius 1 is 0.720 bits per heavy atom. The Balaban J connectivity index is 2.43. The second kappa shape index (κ2) is 7.65. The Labute approximate surface area is 144 Å². The van der Waals surface area contributed by atoms with Crippen molar-refractivity contribution in [1.82, 2.24) is 0 Å². The molecule has 0 radical (unpaired) electrons. The monoisotopic (exact) mass is 348 g/mol. The molecule has 0 N–H and O–H groups in total. The van der Waals surface area contributed by atoms with Gasteiger partial charge in [0.15, 0.2) is 23.1 Å². The Morgan fingerprint density at radius 3 is 1.68 bits per heavy atom. The highest BCUT2D eigenvalue weighted by Crippen LogP contribution is 2.38. The molecule has 0 heterocycles. The van der Waals surface area contributed by atoms with E-state index in [2.05, 4.69) is 0 Å². The van der Waals surface area contributed by atoms with Gasteiger partial charge in [0, 0.05) is 11.1 Å². The van der Waals surface area contributed by atoms with Gasteiger partial charge in [-0.15, -0.1) is 0 Å². The van der Waals surface area contributed by atoms with Gasteiger partial charge in [-0.1, -0.05) is 0 Å². The number of Topliss-reactive ketones (excluding diaryl/α,β-unsaturated/α-hetero) is 2. The minimum Gasteiger partial charge on any atom is -0.494 e. The van der Waals surface area contributed by atoms with Gasteiger partial charge in [0.2, 0.25) is 17.3 Å². The second-order valence-corrected chi connectivity index (χ2v) is 4.92. The van der Waals surface area contributed by atoms with E-state index in [1.807, 2.05) is 0 Å². The number of rotatable bonds is 7. The van der Waals surface area contributed by atoms with Gasteiger partial charge < -0.3 is 18.9 Å². The van der Waals surface area contributed by atoms with Gasteiger partial charge in [-0.05, 0) is 30.3 Å². The van der Waals surface area contributed by atoms with Crippen LogP contribution >= 0.6 is 0 Å². The maximum atomic E-state index is 13.8. The molecule has 0 aromatic heterocycles. The van der Waals surface area contributed by atoms with Crippen molar-refractivity contribution in [2.45, 2.75) is 0 Å². The standard InChI is InChI=1S/C18H17FO6/c1-22-13-6-5-10(7-12(13)19)16(20)17(21)11-8-14(23-2)18(25-4)15(9-11)24-3/h5-9H,1-4H3. The summed E-state index contributed by atoms with van der Waals surface area (Å²) in [6, 6.07) is 6.28. The van der Waals surface area contributed by atoms with Gasteiger partial charge in [-0.25, -0.2) is 4.39 Å². The zero-order chi connectivity index (χ0) is 18.6. The summed E-state index contributed by atoms with van der Waals surface area (Å²) in [7, 11) is 5.52. The molecule has 0 aliphatic rings. The molecule has 0 bridgehead atoms. The molecule has 0 saturated carbocycles. The van der Waals surface area contributed by atoms with Crippen LogP contribution in [0.1, 0.15) is 20.7 Å². The Hall–Kier alpha value is -3.09. The van der Waals surface area contributed by atoms with E-state index in [0.29, 0.717) is 5.75 Å². The summed E-state index contributed by atoms with van der Waals surface area (Å²) in [6.45, 7) is 0. The zero-order valence-electron chi connectivity index (χ0n) is 14.2. The minimum atomic E-state index is -0.865. The van der Waals surface area contributed by atoms with Crippen LogP contribution in [0.15, 0.2) is 30.3 Å². The number of ether oxygens (including phenoxy) is 4. The zero-order valence-corrected chi connectivity index (χ0v) is 14.2. The van der Waals surface area contributed by atoms with E-state index in [1.54, 1.807) is 0 Å². The average molecular weight is 348 g/mol. The van der Waals surface area contributed by atoms with Crippen molar-refractivity contribution < 1.29 is 32.9 Å². The average Bonchev–Trinajstić information content (AvgIpc) is 2.65. The summed E-state index contributed by atoms with van der Waals surface area (Å²) in [6.07, 6.45) is 0. The number of carbonyl (C=O) groups is 2. The maximum absolute atomic E-state index is 13.8. The lowest BCUT2D eigenvalue weighted by Crippen LogP contribution is -2.15. The molecule has 0 fully saturated rings. The first-order valence-electron chi connectivity index (χ1n) is 7.19. The molecule has 0 aliphatic heterocycles. The lowest BCUT2D eigenvalue weighted by molar-refractivity contribution is 0.0816. The first-order chi connectivity index (χ1) is 12.0. The third-order valence-corrected chi connectivity index (χ3v) is 3.55. The largest absolute Gasteiger partial charge is 0.494 e. The van der Waals surface area contributed by atoms with E-state index in [-0.39, 0.29) is 28.4 Å². The molecule has 6 nitrogen and oxygen atoms in total. The Bertz CT molecular complexity index is 790. The van der Waals surface area contributed by atoms with Crippen LogP contribution in [0.3, 0.4) is 0 Å². The topological polar surface area (TPSA) is 71.1 Å². The molecule has 2 aromatic carbocycles. The first kappa shape index (κ1) is 18.3. The van der Waals surface area contributed by atoms with Crippen LogP contribution in [0.4, 0.5) is 4.39 Å². The highest BCUT2D eigenvalue weighted by Gasteiger charge is 2.23. The number of ketones is 2. The van der Waals surface area contributed by atoms with Crippen molar-refractivity contribution in [2.75, 3.05) is 28.4 Å². The van der Waals surface area contributed by atoms with Crippen molar-refractivity contribution in [1.29, 1.82) is 0 Å². The molecule has 0 atom stereocenters. The Morgan fingerprint density at radius 2 is 1.24 bits per heavy atom. The molecule has 0 aliphatic carbocycles. The van der Waals surface area contributed by atoms with E-state index in [9.17, 15) is 14.0 Å². The van der Waals surface area contributed by atoms with Crippen molar-refractivity contribution in [3.63, 3.8) is 0 Å². The number of methoxy groups -OCH3 is 4. The van der Waals surface area contributed by atoms with Gasteiger partial charge in [-0.2, -0.15) is 0 Å². The maximum Gasteiger partial charge on any atom is 0.233 e. The second-order valence-electron chi connectivity index (χ2n) is 4.92. The number of carbonyl (C=O) groups excluding carboxylic acids is 2. The molecule has 7 heteroatoms. The van der Waals surface area contributed by atoms with Crippen LogP contribution in [-0.2, 0) is 0 Å². The fraction of sp³-hybridized carbons (Fsp3) is 0.222. The van der Waals surface area contributed by atoms with E-state index >= 15 is 0 Å². The van der Waals surface area contributed by atoms with Gasteiger partial charge in [0.05, 0.1) is 28.4 Å². The molecule has 0 spiro atoms. The van der Waals surface area contributed by atoms with Crippen LogP contribution in [-0.4, -0.2) is 40.0 Å². The third-order valence-electron chi connectivity index (χ3n) is 3.55. The summed E-state index contributed by atoms with van der Waals surface area (Å²) < 4.78 is 34.0. The van der Waals surface area contributed by atoms with E-state index in [4.69, 9.17) is 18.9 Å². The van der Waals surface area contributed by atoms with Gasteiger partial charge in [0.25, 0.3) is 0 Å².